The predicted molar refractivity (Wildman–Crippen MR) is 121 cm³/mol. The van der Waals surface area contributed by atoms with Crippen LogP contribution in [-0.2, 0) is 7.05 Å². The van der Waals surface area contributed by atoms with Crippen molar-refractivity contribution in [2.75, 3.05) is 11.9 Å². The maximum absolute atomic E-state index is 13.4. The summed E-state index contributed by atoms with van der Waals surface area (Å²) in [5, 5.41) is 23.1. The van der Waals surface area contributed by atoms with E-state index in [9.17, 15) is 14.9 Å². The van der Waals surface area contributed by atoms with Crippen molar-refractivity contribution in [3.63, 3.8) is 0 Å². The summed E-state index contributed by atoms with van der Waals surface area (Å²) in [6.45, 7) is 0. The fourth-order valence-electron chi connectivity index (χ4n) is 4.00. The Morgan fingerprint density at radius 1 is 1.16 bits per heavy atom. The van der Waals surface area contributed by atoms with Crippen molar-refractivity contribution in [1.82, 2.24) is 20.2 Å². The molecule has 0 radical (unpaired) electrons. The highest BCUT2D eigenvalue weighted by Gasteiger charge is 2.23. The number of hydrogen-bond acceptors (Lipinski definition) is 7. The average molecular weight is 453 g/mol. The Morgan fingerprint density at radius 2 is 1.88 bits per heavy atom. The summed E-state index contributed by atoms with van der Waals surface area (Å²) >= 11 is 1.19. The van der Waals surface area contributed by atoms with Gasteiger partial charge >= 0.3 is 0 Å². The van der Waals surface area contributed by atoms with Crippen molar-refractivity contribution < 1.29 is 9.72 Å². The van der Waals surface area contributed by atoms with E-state index in [-0.39, 0.29) is 17.2 Å². The molecule has 0 spiro atoms. The van der Waals surface area contributed by atoms with E-state index in [0.717, 1.165) is 5.69 Å². The lowest BCUT2D eigenvalue weighted by Crippen LogP contribution is -2.27. The Hall–Kier alpha value is -3.27. The number of hydrogen-bond donors (Lipinski definition) is 0. The maximum atomic E-state index is 13.4. The summed E-state index contributed by atoms with van der Waals surface area (Å²) < 4.78 is 1.48. The van der Waals surface area contributed by atoms with Gasteiger partial charge in [-0.1, -0.05) is 31.4 Å². The van der Waals surface area contributed by atoms with Crippen LogP contribution in [0.5, 0.6) is 0 Å². The van der Waals surface area contributed by atoms with Gasteiger partial charge in [0.2, 0.25) is 5.16 Å². The molecule has 1 heterocycles. The number of amides is 1. The number of anilines is 1. The third kappa shape index (κ3) is 4.64. The Morgan fingerprint density at radius 3 is 2.50 bits per heavy atom. The van der Waals surface area contributed by atoms with E-state index in [4.69, 9.17) is 0 Å². The van der Waals surface area contributed by atoms with Gasteiger partial charge in [0.15, 0.2) is 0 Å². The molecule has 0 N–H and O–H groups in total. The number of carbonyl (C=O) groups excluding carboxylic acids is 1. The van der Waals surface area contributed by atoms with Gasteiger partial charge in [0.25, 0.3) is 11.6 Å². The standard InChI is InChI=1S/C22H24N6O3S/c1-26(17-10-8-16(9-11-17)15-6-4-3-5-7-15)21(29)19-14-18(28(30)31)12-13-20(19)32-22-23-24-25-27(22)2/h8-15H,3-7H2,1-2H3. The van der Waals surface area contributed by atoms with Gasteiger partial charge in [-0.05, 0) is 64.7 Å². The van der Waals surface area contributed by atoms with Gasteiger partial charge in [-0.3, -0.25) is 14.9 Å². The van der Waals surface area contributed by atoms with Gasteiger partial charge in [-0.25, -0.2) is 4.68 Å². The Labute approximate surface area is 190 Å². The van der Waals surface area contributed by atoms with E-state index >= 15 is 0 Å². The Balaban J connectivity index is 1.61. The predicted octanol–water partition coefficient (Wildman–Crippen LogP) is 4.59. The highest BCUT2D eigenvalue weighted by molar-refractivity contribution is 7.99. The topological polar surface area (TPSA) is 107 Å². The van der Waals surface area contributed by atoms with Gasteiger partial charge in [0, 0.05) is 36.8 Å². The van der Waals surface area contributed by atoms with Gasteiger partial charge in [0.1, 0.15) is 0 Å². The second-order valence-electron chi connectivity index (χ2n) is 7.92. The normalized spacial score (nSPS) is 14.3. The second kappa shape index (κ2) is 9.47. The van der Waals surface area contributed by atoms with E-state index in [1.807, 2.05) is 12.1 Å². The summed E-state index contributed by atoms with van der Waals surface area (Å²) in [5.41, 5.74) is 2.12. The zero-order chi connectivity index (χ0) is 22.7. The van der Waals surface area contributed by atoms with Gasteiger partial charge in [-0.15, -0.1) is 5.10 Å². The number of nitro groups is 1. The number of aryl methyl sites for hydroxylation is 1. The summed E-state index contributed by atoms with van der Waals surface area (Å²) in [7, 11) is 3.37. The Bertz CT molecular complexity index is 1120. The molecular weight excluding hydrogens is 428 g/mol. The molecule has 0 unspecified atom stereocenters. The monoisotopic (exact) mass is 452 g/mol. The van der Waals surface area contributed by atoms with E-state index in [1.54, 1.807) is 20.2 Å². The number of tetrazole rings is 1. The lowest BCUT2D eigenvalue weighted by Gasteiger charge is -2.23. The van der Waals surface area contributed by atoms with Gasteiger partial charge < -0.3 is 4.90 Å². The molecule has 166 valence electrons. The minimum Gasteiger partial charge on any atom is -0.311 e. The van der Waals surface area contributed by atoms with Crippen LogP contribution in [0.4, 0.5) is 11.4 Å². The molecule has 1 aliphatic rings. The minimum atomic E-state index is -0.506. The smallest absolute Gasteiger partial charge is 0.270 e. The highest BCUT2D eigenvalue weighted by Crippen LogP contribution is 2.35. The van der Waals surface area contributed by atoms with E-state index in [0.29, 0.717) is 16.0 Å². The summed E-state index contributed by atoms with van der Waals surface area (Å²) in [6, 6.07) is 12.3. The van der Waals surface area contributed by atoms with Crippen LogP contribution in [0.15, 0.2) is 52.5 Å². The summed E-state index contributed by atoms with van der Waals surface area (Å²) in [6.07, 6.45) is 6.25. The van der Waals surface area contributed by atoms with Crippen molar-refractivity contribution in [3.8, 4) is 0 Å². The third-order valence-electron chi connectivity index (χ3n) is 5.85. The van der Waals surface area contributed by atoms with E-state index in [2.05, 4.69) is 27.7 Å². The Kier molecular flexibility index (Phi) is 6.50. The van der Waals surface area contributed by atoms with Crippen LogP contribution in [0, 0.1) is 10.1 Å². The largest absolute Gasteiger partial charge is 0.311 e. The zero-order valence-electron chi connectivity index (χ0n) is 18.0. The van der Waals surface area contributed by atoms with Crippen LogP contribution in [0.2, 0.25) is 0 Å². The van der Waals surface area contributed by atoms with Crippen LogP contribution >= 0.6 is 11.8 Å². The number of carbonyl (C=O) groups is 1. The van der Waals surface area contributed by atoms with Crippen molar-refractivity contribution in [3.05, 3.63) is 63.7 Å². The number of benzene rings is 2. The molecule has 1 saturated carbocycles. The van der Waals surface area contributed by atoms with Gasteiger partial charge in [0.05, 0.1) is 10.5 Å². The quantitative estimate of drug-likeness (QED) is 0.397. The van der Waals surface area contributed by atoms with Crippen molar-refractivity contribution >= 4 is 29.0 Å². The number of aromatic nitrogens is 4. The zero-order valence-corrected chi connectivity index (χ0v) is 18.8. The summed E-state index contributed by atoms with van der Waals surface area (Å²) in [4.78, 5) is 26.3. The number of rotatable bonds is 6. The fourth-order valence-corrected chi connectivity index (χ4v) is 4.83. The maximum Gasteiger partial charge on any atom is 0.270 e. The lowest BCUT2D eigenvalue weighted by atomic mass is 9.84. The number of non-ortho nitro benzene ring substituents is 1. The molecule has 1 aromatic heterocycles. The van der Waals surface area contributed by atoms with Crippen LogP contribution in [0.3, 0.4) is 0 Å². The number of nitro benzene ring substituents is 1. The molecule has 9 nitrogen and oxygen atoms in total. The second-order valence-corrected chi connectivity index (χ2v) is 8.92. The SMILES string of the molecule is CN(C(=O)c1cc([N+](=O)[O-])ccc1Sc1nnnn1C)c1ccc(C2CCCCC2)cc1. The van der Waals surface area contributed by atoms with Crippen LogP contribution in [-0.4, -0.2) is 38.1 Å². The molecule has 3 aromatic rings. The molecule has 0 atom stereocenters. The molecule has 0 aliphatic heterocycles. The first-order chi connectivity index (χ1) is 15.4. The molecule has 10 heteroatoms. The first kappa shape index (κ1) is 21.9. The van der Waals surface area contributed by atoms with Crippen LogP contribution in [0.1, 0.15) is 53.9 Å². The molecule has 2 aromatic carbocycles. The first-order valence-corrected chi connectivity index (χ1v) is 11.3. The molecule has 0 bridgehead atoms. The van der Waals surface area contributed by atoms with Crippen LogP contribution < -0.4 is 4.90 Å². The van der Waals surface area contributed by atoms with Crippen molar-refractivity contribution in [2.45, 2.75) is 48.1 Å². The molecule has 1 fully saturated rings. The molecular formula is C22H24N6O3S. The lowest BCUT2D eigenvalue weighted by molar-refractivity contribution is -0.384. The molecule has 4 rings (SSSR count). The fraction of sp³-hybridized carbons (Fsp3) is 0.364. The van der Waals surface area contributed by atoms with E-state index in [1.165, 1.54) is 71.1 Å². The van der Waals surface area contributed by atoms with Crippen molar-refractivity contribution in [1.29, 1.82) is 0 Å². The molecule has 1 amide bonds. The van der Waals surface area contributed by atoms with Crippen molar-refractivity contribution in [2.24, 2.45) is 7.05 Å². The molecule has 1 aliphatic carbocycles. The first-order valence-electron chi connectivity index (χ1n) is 10.5. The highest BCUT2D eigenvalue weighted by atomic mass is 32.2. The molecule has 0 saturated heterocycles. The van der Waals surface area contributed by atoms with E-state index < -0.39 is 4.92 Å². The molecule has 32 heavy (non-hydrogen) atoms. The minimum absolute atomic E-state index is 0.144. The summed E-state index contributed by atoms with van der Waals surface area (Å²) in [5.74, 6) is 0.246. The third-order valence-corrected chi connectivity index (χ3v) is 6.95. The average Bonchev–Trinajstić information content (AvgIpc) is 3.23. The van der Waals surface area contributed by atoms with Crippen LogP contribution in [0.25, 0.3) is 0 Å². The van der Waals surface area contributed by atoms with Gasteiger partial charge in [-0.2, -0.15) is 0 Å². The number of nitrogens with zero attached hydrogens (tertiary/aromatic N) is 6.